The Bertz CT molecular complexity index is 235. The first-order valence-electron chi connectivity index (χ1n) is 4.28. The van der Waals surface area contributed by atoms with E-state index in [0.29, 0.717) is 11.7 Å². The van der Waals surface area contributed by atoms with Crippen molar-refractivity contribution in [2.45, 2.75) is 25.7 Å². The SMILES string of the molecule is O=C1CCC[C@H]2CC=CC=C12. The van der Waals surface area contributed by atoms with Crippen LogP contribution in [0.2, 0.25) is 0 Å². The van der Waals surface area contributed by atoms with Crippen molar-refractivity contribution in [2.75, 3.05) is 0 Å². The molecule has 0 aromatic heterocycles. The zero-order valence-corrected chi connectivity index (χ0v) is 6.55. The molecular weight excluding hydrogens is 136 g/mol. The highest BCUT2D eigenvalue weighted by molar-refractivity contribution is 5.97. The summed E-state index contributed by atoms with van der Waals surface area (Å²) in [5.74, 6) is 0.937. The Morgan fingerprint density at radius 2 is 2.36 bits per heavy atom. The van der Waals surface area contributed by atoms with Crippen molar-refractivity contribution in [1.82, 2.24) is 0 Å². The zero-order valence-electron chi connectivity index (χ0n) is 6.55. The van der Waals surface area contributed by atoms with Gasteiger partial charge in [0.15, 0.2) is 5.78 Å². The molecule has 0 bridgehead atoms. The van der Waals surface area contributed by atoms with Crippen LogP contribution in [0.15, 0.2) is 23.8 Å². The van der Waals surface area contributed by atoms with Crippen molar-refractivity contribution < 1.29 is 4.79 Å². The van der Waals surface area contributed by atoms with Gasteiger partial charge in [-0.3, -0.25) is 4.79 Å². The van der Waals surface area contributed by atoms with Crippen molar-refractivity contribution in [3.8, 4) is 0 Å². The summed E-state index contributed by atoms with van der Waals surface area (Å²) in [4.78, 5) is 11.3. The van der Waals surface area contributed by atoms with Crippen LogP contribution in [0.25, 0.3) is 0 Å². The number of hydrogen-bond donors (Lipinski definition) is 0. The van der Waals surface area contributed by atoms with Gasteiger partial charge in [0.25, 0.3) is 0 Å². The zero-order chi connectivity index (χ0) is 7.68. The molecule has 2 rings (SSSR count). The molecule has 1 atom stereocenters. The summed E-state index contributed by atoms with van der Waals surface area (Å²) in [6.45, 7) is 0. The van der Waals surface area contributed by atoms with Gasteiger partial charge >= 0.3 is 0 Å². The molecule has 0 radical (unpaired) electrons. The first-order chi connectivity index (χ1) is 5.38. The fraction of sp³-hybridized carbons (Fsp3) is 0.500. The molecule has 58 valence electrons. The maximum absolute atomic E-state index is 11.3. The Morgan fingerprint density at radius 3 is 3.18 bits per heavy atom. The Hall–Kier alpha value is -0.850. The van der Waals surface area contributed by atoms with E-state index in [1.165, 1.54) is 6.42 Å². The lowest BCUT2D eigenvalue weighted by Crippen LogP contribution is -2.19. The standard InChI is InChI=1S/C10H12O/c11-10-7-3-5-8-4-1-2-6-9(8)10/h1-2,6,8H,3-5,7H2/t8-/m1/s1. The van der Waals surface area contributed by atoms with Crippen LogP contribution in [0.4, 0.5) is 0 Å². The molecule has 0 aromatic carbocycles. The molecule has 1 heteroatoms. The highest BCUT2D eigenvalue weighted by Gasteiger charge is 2.24. The van der Waals surface area contributed by atoms with Crippen LogP contribution in [0.1, 0.15) is 25.7 Å². The molecule has 0 aromatic rings. The van der Waals surface area contributed by atoms with E-state index in [0.717, 1.165) is 24.8 Å². The van der Waals surface area contributed by atoms with Gasteiger partial charge in [-0.25, -0.2) is 0 Å². The molecule has 11 heavy (non-hydrogen) atoms. The lowest BCUT2D eigenvalue weighted by atomic mass is 9.79. The third-order valence-electron chi connectivity index (χ3n) is 2.55. The second kappa shape index (κ2) is 2.65. The topological polar surface area (TPSA) is 17.1 Å². The molecule has 0 heterocycles. The normalized spacial score (nSPS) is 29.6. The summed E-state index contributed by atoms with van der Waals surface area (Å²) in [6.07, 6.45) is 10.3. The molecular formula is C10H12O. The molecule has 0 aliphatic heterocycles. The Kier molecular flexibility index (Phi) is 1.65. The second-order valence-electron chi connectivity index (χ2n) is 3.30. The molecule has 0 saturated heterocycles. The first kappa shape index (κ1) is 6.84. The molecule has 1 nitrogen and oxygen atoms in total. The number of fused-ring (bicyclic) bond motifs is 1. The van der Waals surface area contributed by atoms with E-state index in [9.17, 15) is 4.79 Å². The van der Waals surface area contributed by atoms with Gasteiger partial charge in [0.05, 0.1) is 0 Å². The van der Waals surface area contributed by atoms with E-state index < -0.39 is 0 Å². The number of ketones is 1. The fourth-order valence-corrected chi connectivity index (χ4v) is 1.92. The summed E-state index contributed by atoms with van der Waals surface area (Å²) in [5.41, 5.74) is 1.08. The first-order valence-corrected chi connectivity index (χ1v) is 4.28. The van der Waals surface area contributed by atoms with Gasteiger partial charge in [0.2, 0.25) is 0 Å². The Morgan fingerprint density at radius 1 is 1.45 bits per heavy atom. The largest absolute Gasteiger partial charge is 0.295 e. The van der Waals surface area contributed by atoms with Crippen LogP contribution in [0.5, 0.6) is 0 Å². The van der Waals surface area contributed by atoms with Crippen molar-refractivity contribution in [3.05, 3.63) is 23.8 Å². The molecule has 0 spiro atoms. The van der Waals surface area contributed by atoms with Crippen molar-refractivity contribution in [1.29, 1.82) is 0 Å². The van der Waals surface area contributed by atoms with Gasteiger partial charge in [-0.05, 0) is 30.8 Å². The van der Waals surface area contributed by atoms with E-state index in [-0.39, 0.29) is 0 Å². The Labute approximate surface area is 66.8 Å². The lowest BCUT2D eigenvalue weighted by Gasteiger charge is -2.24. The van der Waals surface area contributed by atoms with Crippen molar-refractivity contribution in [2.24, 2.45) is 5.92 Å². The number of carbonyl (C=O) groups excluding carboxylic acids is 1. The maximum atomic E-state index is 11.3. The Balaban J connectivity index is 2.27. The van der Waals surface area contributed by atoms with Gasteiger partial charge in [-0.2, -0.15) is 0 Å². The summed E-state index contributed by atoms with van der Waals surface area (Å²) >= 11 is 0. The molecule has 0 amide bonds. The van der Waals surface area contributed by atoms with Gasteiger partial charge in [-0.15, -0.1) is 0 Å². The number of hydrogen-bond acceptors (Lipinski definition) is 1. The van der Waals surface area contributed by atoms with Gasteiger partial charge < -0.3 is 0 Å². The summed E-state index contributed by atoms with van der Waals surface area (Å²) in [7, 11) is 0. The lowest BCUT2D eigenvalue weighted by molar-refractivity contribution is -0.117. The van der Waals surface area contributed by atoms with Crippen LogP contribution in [0, 0.1) is 5.92 Å². The molecule has 1 fully saturated rings. The van der Waals surface area contributed by atoms with Gasteiger partial charge in [0.1, 0.15) is 0 Å². The predicted molar refractivity (Wildman–Crippen MR) is 44.2 cm³/mol. The number of allylic oxidation sites excluding steroid dienone is 4. The van der Waals surface area contributed by atoms with Crippen LogP contribution in [-0.2, 0) is 4.79 Å². The molecule has 0 unspecified atom stereocenters. The minimum absolute atomic E-state index is 0.380. The van der Waals surface area contributed by atoms with Gasteiger partial charge in [0, 0.05) is 6.42 Å². The van der Waals surface area contributed by atoms with Crippen LogP contribution >= 0.6 is 0 Å². The molecule has 0 N–H and O–H groups in total. The quantitative estimate of drug-likeness (QED) is 0.515. The average Bonchev–Trinajstić information content (AvgIpc) is 2.06. The minimum atomic E-state index is 0.380. The second-order valence-corrected chi connectivity index (χ2v) is 3.30. The number of Topliss-reactive ketones (excluding diaryl/α,β-unsaturated/α-hetero) is 1. The molecule has 2 aliphatic carbocycles. The number of rotatable bonds is 0. The summed E-state index contributed by atoms with van der Waals surface area (Å²) < 4.78 is 0. The predicted octanol–water partition coefficient (Wildman–Crippen LogP) is 2.24. The van der Waals surface area contributed by atoms with Crippen molar-refractivity contribution >= 4 is 5.78 Å². The molecule has 1 saturated carbocycles. The van der Waals surface area contributed by atoms with Crippen LogP contribution < -0.4 is 0 Å². The number of carbonyl (C=O) groups is 1. The minimum Gasteiger partial charge on any atom is -0.295 e. The third kappa shape index (κ3) is 1.15. The smallest absolute Gasteiger partial charge is 0.159 e. The average molecular weight is 148 g/mol. The molecule has 2 aliphatic rings. The highest BCUT2D eigenvalue weighted by Crippen LogP contribution is 2.31. The monoisotopic (exact) mass is 148 g/mol. The van der Waals surface area contributed by atoms with E-state index in [2.05, 4.69) is 6.08 Å². The van der Waals surface area contributed by atoms with E-state index in [1.54, 1.807) is 0 Å². The van der Waals surface area contributed by atoms with Crippen molar-refractivity contribution in [3.63, 3.8) is 0 Å². The van der Waals surface area contributed by atoms with E-state index >= 15 is 0 Å². The highest BCUT2D eigenvalue weighted by atomic mass is 16.1. The summed E-state index contributed by atoms with van der Waals surface area (Å²) in [6, 6.07) is 0. The van der Waals surface area contributed by atoms with E-state index in [4.69, 9.17) is 0 Å². The fourth-order valence-electron chi connectivity index (χ4n) is 1.92. The van der Waals surface area contributed by atoms with Crippen LogP contribution in [-0.4, -0.2) is 5.78 Å². The van der Waals surface area contributed by atoms with Crippen LogP contribution in [0.3, 0.4) is 0 Å². The third-order valence-corrected chi connectivity index (χ3v) is 2.55. The van der Waals surface area contributed by atoms with Gasteiger partial charge in [-0.1, -0.05) is 18.2 Å². The van der Waals surface area contributed by atoms with E-state index in [1.807, 2.05) is 12.2 Å². The summed E-state index contributed by atoms with van der Waals surface area (Å²) in [5, 5.41) is 0. The maximum Gasteiger partial charge on any atom is 0.159 e.